The largest absolute Gasteiger partial charge is 0.468 e. The van der Waals surface area contributed by atoms with Crippen LogP contribution in [0.4, 0.5) is 0 Å². The highest BCUT2D eigenvalue weighted by atomic mass is 16.6. The van der Waals surface area contributed by atoms with Gasteiger partial charge in [0.25, 0.3) is 5.95 Å². The van der Waals surface area contributed by atoms with Crippen LogP contribution in [0.5, 0.6) is 5.95 Å². The van der Waals surface area contributed by atoms with Gasteiger partial charge in [-0.2, -0.15) is 0 Å². The first kappa shape index (κ1) is 23.7. The van der Waals surface area contributed by atoms with E-state index in [1.165, 1.54) is 18.7 Å². The van der Waals surface area contributed by atoms with E-state index in [9.17, 15) is 9.90 Å². The van der Waals surface area contributed by atoms with Crippen LogP contribution < -0.4 is 10.2 Å². The Balaban J connectivity index is 2.71. The number of aliphatic hydroxyl groups excluding tert-OH is 1. The number of rotatable bonds is 9. The van der Waals surface area contributed by atoms with Gasteiger partial charge in [-0.05, 0) is 46.6 Å². The summed E-state index contributed by atoms with van der Waals surface area (Å²) in [5.41, 5.74) is 3.83. The minimum absolute atomic E-state index is 0.0661. The molecule has 0 aliphatic heterocycles. The smallest absolute Gasteiger partial charge is 0.288 e. The van der Waals surface area contributed by atoms with Crippen LogP contribution in [0.1, 0.15) is 52.4 Å². The van der Waals surface area contributed by atoms with Crippen LogP contribution in [-0.4, -0.2) is 18.3 Å². The molecule has 0 amide bonds. The van der Waals surface area contributed by atoms with E-state index in [1.807, 2.05) is 33.8 Å². The van der Waals surface area contributed by atoms with Crippen LogP contribution in [0.15, 0.2) is 62.4 Å². The summed E-state index contributed by atoms with van der Waals surface area (Å²) >= 11 is 0. The Morgan fingerprint density at radius 2 is 2.00 bits per heavy atom. The highest BCUT2D eigenvalue weighted by molar-refractivity contribution is 5.24. The zero-order chi connectivity index (χ0) is 21.3. The molecule has 0 saturated carbocycles. The topological polar surface area (TPSA) is 59.7 Å². The first-order valence-electron chi connectivity index (χ1n) is 9.68. The molecule has 0 aliphatic carbocycles. The molecule has 0 saturated heterocycles. The van der Waals surface area contributed by atoms with Crippen LogP contribution in [0.25, 0.3) is 0 Å². The lowest BCUT2D eigenvalue weighted by molar-refractivity contribution is 0.173. The van der Waals surface area contributed by atoms with Gasteiger partial charge in [-0.1, -0.05) is 48.5 Å². The standard InChI is InChI=1S/C24H34O4/c1-8-18(4)24(26)19(5)14-17(3)11-9-10-16(2)12-13-22-20(6)21(25)15-23(27-7)28-22/h8-9,11-12,14-15,19,24,26H,10,13H2,1-7H3. The Labute approximate surface area is 168 Å². The third-order valence-corrected chi connectivity index (χ3v) is 4.86. The quantitative estimate of drug-likeness (QED) is 0.462. The van der Waals surface area contributed by atoms with Gasteiger partial charge < -0.3 is 14.3 Å². The van der Waals surface area contributed by atoms with E-state index < -0.39 is 6.10 Å². The second kappa shape index (κ2) is 11.5. The first-order chi connectivity index (χ1) is 13.2. The highest BCUT2D eigenvalue weighted by Crippen LogP contribution is 2.17. The molecule has 0 radical (unpaired) electrons. The Morgan fingerprint density at radius 1 is 1.32 bits per heavy atom. The molecule has 28 heavy (non-hydrogen) atoms. The lowest BCUT2D eigenvalue weighted by Gasteiger charge is -2.16. The number of hydrogen-bond acceptors (Lipinski definition) is 4. The zero-order valence-corrected chi connectivity index (χ0v) is 18.2. The minimum Gasteiger partial charge on any atom is -0.468 e. The lowest BCUT2D eigenvalue weighted by atomic mass is 9.96. The molecule has 0 fully saturated rings. The van der Waals surface area contributed by atoms with E-state index in [1.54, 1.807) is 6.92 Å². The summed E-state index contributed by atoms with van der Waals surface area (Å²) in [5.74, 6) is 0.934. The Morgan fingerprint density at radius 3 is 2.61 bits per heavy atom. The van der Waals surface area contributed by atoms with Gasteiger partial charge in [-0.25, -0.2) is 0 Å². The third-order valence-electron chi connectivity index (χ3n) is 4.86. The van der Waals surface area contributed by atoms with E-state index in [0.717, 1.165) is 17.6 Å². The maximum Gasteiger partial charge on any atom is 0.288 e. The van der Waals surface area contributed by atoms with Crippen molar-refractivity contribution < 1.29 is 14.3 Å². The first-order valence-corrected chi connectivity index (χ1v) is 9.68. The normalized spacial score (nSPS) is 15.8. The average molecular weight is 387 g/mol. The molecule has 4 heteroatoms. The predicted molar refractivity (Wildman–Crippen MR) is 116 cm³/mol. The molecular formula is C24H34O4. The molecule has 2 atom stereocenters. The van der Waals surface area contributed by atoms with Gasteiger partial charge in [0.1, 0.15) is 5.76 Å². The second-order valence-corrected chi connectivity index (χ2v) is 7.29. The molecule has 0 bridgehead atoms. The van der Waals surface area contributed by atoms with Gasteiger partial charge in [0.05, 0.1) is 19.3 Å². The fourth-order valence-corrected chi connectivity index (χ4v) is 2.80. The second-order valence-electron chi connectivity index (χ2n) is 7.29. The van der Waals surface area contributed by atoms with Crippen LogP contribution in [-0.2, 0) is 6.42 Å². The molecule has 0 aliphatic rings. The molecule has 2 unspecified atom stereocenters. The van der Waals surface area contributed by atoms with E-state index in [0.29, 0.717) is 17.7 Å². The van der Waals surface area contributed by atoms with Crippen molar-refractivity contribution in [1.82, 2.24) is 0 Å². The SMILES string of the molecule is CC=C(C)C(O)C(C)C=C(C)C=CCC(C)=CCc1oc(OC)cc(=O)c1C. The fourth-order valence-electron chi connectivity index (χ4n) is 2.80. The molecule has 1 aromatic heterocycles. The van der Waals surface area contributed by atoms with Crippen molar-refractivity contribution in [2.75, 3.05) is 7.11 Å². The maximum atomic E-state index is 11.9. The number of allylic oxidation sites excluding steroid dienone is 6. The van der Waals surface area contributed by atoms with E-state index in [4.69, 9.17) is 9.15 Å². The Bertz CT molecular complexity index is 821. The summed E-state index contributed by atoms with van der Waals surface area (Å²) in [5, 5.41) is 10.2. The lowest BCUT2D eigenvalue weighted by Crippen LogP contribution is -2.17. The molecule has 1 heterocycles. The monoisotopic (exact) mass is 386 g/mol. The van der Waals surface area contributed by atoms with Gasteiger partial charge in [-0.3, -0.25) is 4.79 Å². The van der Waals surface area contributed by atoms with Crippen LogP contribution in [0, 0.1) is 12.8 Å². The third kappa shape index (κ3) is 7.35. The van der Waals surface area contributed by atoms with Crippen LogP contribution >= 0.6 is 0 Å². The summed E-state index contributed by atoms with van der Waals surface area (Å²) < 4.78 is 10.6. The van der Waals surface area contributed by atoms with Gasteiger partial charge in [0.2, 0.25) is 0 Å². The highest BCUT2D eigenvalue weighted by Gasteiger charge is 2.12. The van der Waals surface area contributed by atoms with Crippen molar-refractivity contribution in [2.24, 2.45) is 5.92 Å². The summed E-state index contributed by atoms with van der Waals surface area (Å²) in [6, 6.07) is 1.36. The van der Waals surface area contributed by atoms with Crippen LogP contribution in [0.2, 0.25) is 0 Å². The van der Waals surface area contributed by atoms with Gasteiger partial charge >= 0.3 is 0 Å². The predicted octanol–water partition coefficient (Wildman–Crippen LogP) is 5.30. The molecule has 0 aromatic carbocycles. The molecule has 0 spiro atoms. The van der Waals surface area contributed by atoms with Crippen molar-refractivity contribution in [3.63, 3.8) is 0 Å². The van der Waals surface area contributed by atoms with Crippen molar-refractivity contribution in [3.8, 4) is 5.95 Å². The number of methoxy groups -OCH3 is 1. The van der Waals surface area contributed by atoms with E-state index in [-0.39, 0.29) is 17.3 Å². The fraction of sp³-hybridized carbons (Fsp3) is 0.458. The van der Waals surface area contributed by atoms with E-state index in [2.05, 4.69) is 31.2 Å². The number of aliphatic hydroxyl groups is 1. The zero-order valence-electron chi connectivity index (χ0n) is 18.2. The molecule has 1 rings (SSSR count). The van der Waals surface area contributed by atoms with Gasteiger partial charge in [0, 0.05) is 17.9 Å². The van der Waals surface area contributed by atoms with Gasteiger partial charge in [0.15, 0.2) is 5.43 Å². The molecule has 1 N–H and O–H groups in total. The summed E-state index contributed by atoms with van der Waals surface area (Å²) in [7, 11) is 1.48. The number of ether oxygens (including phenoxy) is 1. The van der Waals surface area contributed by atoms with Crippen LogP contribution in [0.3, 0.4) is 0 Å². The summed E-state index contributed by atoms with van der Waals surface area (Å²) in [4.78, 5) is 11.9. The molecule has 1 aromatic rings. The van der Waals surface area contributed by atoms with Crippen molar-refractivity contribution in [3.05, 3.63) is 74.7 Å². The maximum absolute atomic E-state index is 11.9. The molecule has 4 nitrogen and oxygen atoms in total. The summed E-state index contributed by atoms with van der Waals surface area (Å²) in [6.45, 7) is 11.8. The summed E-state index contributed by atoms with van der Waals surface area (Å²) in [6.07, 6.45) is 11.2. The minimum atomic E-state index is -0.448. The Kier molecular flexibility index (Phi) is 9.74. The van der Waals surface area contributed by atoms with Crippen molar-refractivity contribution in [1.29, 1.82) is 0 Å². The van der Waals surface area contributed by atoms with Crippen molar-refractivity contribution >= 4 is 0 Å². The van der Waals surface area contributed by atoms with Crippen molar-refractivity contribution in [2.45, 2.75) is 60.5 Å². The molecule has 154 valence electrons. The van der Waals surface area contributed by atoms with Gasteiger partial charge in [-0.15, -0.1) is 0 Å². The average Bonchev–Trinajstić information content (AvgIpc) is 2.67. The van der Waals surface area contributed by atoms with E-state index >= 15 is 0 Å². The Hall–Kier alpha value is -2.33. The number of hydrogen-bond donors (Lipinski definition) is 1. The molecular weight excluding hydrogens is 352 g/mol.